The second kappa shape index (κ2) is 2.34. The van der Waals surface area contributed by atoms with Crippen LogP contribution >= 0.6 is 0 Å². The summed E-state index contributed by atoms with van der Waals surface area (Å²) < 4.78 is 5.47. The van der Waals surface area contributed by atoms with E-state index in [9.17, 15) is 0 Å². The third-order valence-corrected chi connectivity index (χ3v) is 2.81. The zero-order valence-corrected chi connectivity index (χ0v) is 7.74. The van der Waals surface area contributed by atoms with Gasteiger partial charge in [0.2, 0.25) is 0 Å². The number of hydrogen-bond donors (Lipinski definition) is 0. The van der Waals surface area contributed by atoms with Gasteiger partial charge in [-0.3, -0.25) is 0 Å². The van der Waals surface area contributed by atoms with Crippen LogP contribution in [0, 0.1) is 11.3 Å². The Labute approximate surface area is 77.8 Å². The summed E-state index contributed by atoms with van der Waals surface area (Å²) >= 11 is 0. The quantitative estimate of drug-likeness (QED) is 0.610. The topological polar surface area (TPSA) is 36.3 Å². The van der Waals surface area contributed by atoms with Crippen LogP contribution in [-0.4, -0.2) is 5.60 Å². The Balaban J connectivity index is 2.37. The number of benzene rings is 1. The average Bonchev–Trinajstić information content (AvgIpc) is 2.74. The maximum absolute atomic E-state index is 8.89. The third-order valence-electron chi connectivity index (χ3n) is 2.81. The lowest BCUT2D eigenvalue weighted by Crippen LogP contribution is -2.15. The number of hydrogen-bond acceptors (Lipinski definition) is 2. The van der Waals surface area contributed by atoms with Crippen LogP contribution in [0.3, 0.4) is 0 Å². The predicted octanol–water partition coefficient (Wildman–Crippen LogP) is 2.21. The Kier molecular flexibility index (Phi) is 1.49. The molecule has 2 nitrogen and oxygen atoms in total. The summed E-state index contributed by atoms with van der Waals surface area (Å²) in [5.41, 5.74) is 0.0104. The summed E-state index contributed by atoms with van der Waals surface area (Å²) in [6.45, 7) is 3.77. The molecule has 2 rings (SSSR count). The average molecular weight is 173 g/mol. The van der Waals surface area contributed by atoms with Crippen LogP contribution in [-0.2, 0) is 10.3 Å². The number of epoxide rings is 1. The molecule has 1 aromatic carbocycles. The van der Waals surface area contributed by atoms with Gasteiger partial charge in [-0.05, 0) is 19.4 Å². The van der Waals surface area contributed by atoms with Gasteiger partial charge in [0.15, 0.2) is 5.60 Å². The number of nitrogens with zero attached hydrogens (tertiary/aromatic N) is 1. The molecule has 1 saturated heterocycles. The van der Waals surface area contributed by atoms with Gasteiger partial charge in [-0.2, -0.15) is 5.26 Å². The van der Waals surface area contributed by atoms with Crippen molar-refractivity contribution in [3.8, 4) is 6.07 Å². The fourth-order valence-electron chi connectivity index (χ4n) is 1.60. The van der Waals surface area contributed by atoms with Gasteiger partial charge in [0.1, 0.15) is 11.7 Å². The van der Waals surface area contributed by atoms with E-state index in [1.165, 1.54) is 0 Å². The summed E-state index contributed by atoms with van der Waals surface area (Å²) in [6, 6.07) is 12.0. The Morgan fingerprint density at radius 3 is 2.31 bits per heavy atom. The summed E-state index contributed by atoms with van der Waals surface area (Å²) in [4.78, 5) is 0. The normalized spacial score (nSPS) is 36.7. The smallest absolute Gasteiger partial charge is 0.185 e. The van der Waals surface area contributed by atoms with Crippen molar-refractivity contribution in [2.24, 2.45) is 0 Å². The van der Waals surface area contributed by atoms with E-state index >= 15 is 0 Å². The van der Waals surface area contributed by atoms with Gasteiger partial charge in [-0.15, -0.1) is 0 Å². The van der Waals surface area contributed by atoms with E-state index in [1.807, 2.05) is 44.2 Å². The predicted molar refractivity (Wildman–Crippen MR) is 48.9 cm³/mol. The molecule has 0 saturated carbocycles. The van der Waals surface area contributed by atoms with Crippen LogP contribution in [0.25, 0.3) is 0 Å². The number of ether oxygens (including phenoxy) is 1. The SMILES string of the molecule is C[C@@]1(C#N)O[C@]1(C)c1ccccc1. The standard InChI is InChI=1S/C11H11NO/c1-10(8-12)11(2,13-10)9-6-4-3-5-7-9/h3-7H,1-2H3/t10-,11+/m0/s1. The van der Waals surface area contributed by atoms with Crippen molar-refractivity contribution in [2.45, 2.75) is 25.0 Å². The molecule has 2 heteroatoms. The second-order valence-corrected chi connectivity index (χ2v) is 3.65. The Hall–Kier alpha value is -1.33. The maximum atomic E-state index is 8.89. The first-order valence-corrected chi connectivity index (χ1v) is 4.29. The molecular weight excluding hydrogens is 162 g/mol. The van der Waals surface area contributed by atoms with Crippen molar-refractivity contribution < 1.29 is 4.74 Å². The van der Waals surface area contributed by atoms with Crippen LogP contribution in [0.4, 0.5) is 0 Å². The third kappa shape index (κ3) is 0.976. The molecule has 13 heavy (non-hydrogen) atoms. The van der Waals surface area contributed by atoms with Gasteiger partial charge in [0, 0.05) is 0 Å². The largest absolute Gasteiger partial charge is 0.342 e. The minimum Gasteiger partial charge on any atom is -0.342 e. The summed E-state index contributed by atoms with van der Waals surface area (Å²) in [5, 5.41) is 8.89. The van der Waals surface area contributed by atoms with E-state index in [2.05, 4.69) is 6.07 Å². The van der Waals surface area contributed by atoms with Gasteiger partial charge in [-0.1, -0.05) is 30.3 Å². The molecule has 0 amide bonds. The Bertz CT molecular complexity index is 367. The van der Waals surface area contributed by atoms with Crippen molar-refractivity contribution in [1.82, 2.24) is 0 Å². The zero-order chi connectivity index (χ0) is 9.53. The van der Waals surface area contributed by atoms with Crippen LogP contribution in [0.15, 0.2) is 30.3 Å². The minimum absolute atomic E-state index is 0.414. The molecule has 0 aromatic heterocycles. The number of rotatable bonds is 1. The molecule has 1 fully saturated rings. The Morgan fingerprint density at radius 1 is 1.23 bits per heavy atom. The maximum Gasteiger partial charge on any atom is 0.185 e. The monoisotopic (exact) mass is 173 g/mol. The zero-order valence-electron chi connectivity index (χ0n) is 7.74. The summed E-state index contributed by atoms with van der Waals surface area (Å²) in [6.07, 6.45) is 0. The Morgan fingerprint density at radius 2 is 1.85 bits per heavy atom. The van der Waals surface area contributed by atoms with Gasteiger partial charge < -0.3 is 4.74 Å². The van der Waals surface area contributed by atoms with Crippen molar-refractivity contribution in [3.63, 3.8) is 0 Å². The van der Waals surface area contributed by atoms with Gasteiger partial charge in [0.05, 0.1) is 0 Å². The molecule has 0 bridgehead atoms. The van der Waals surface area contributed by atoms with Gasteiger partial charge in [-0.25, -0.2) is 0 Å². The molecule has 1 aliphatic rings. The molecule has 66 valence electrons. The van der Waals surface area contributed by atoms with Gasteiger partial charge >= 0.3 is 0 Å². The second-order valence-electron chi connectivity index (χ2n) is 3.65. The summed E-state index contributed by atoms with van der Waals surface area (Å²) in [7, 11) is 0. The molecule has 2 atom stereocenters. The van der Waals surface area contributed by atoms with Crippen molar-refractivity contribution >= 4 is 0 Å². The lowest BCUT2D eigenvalue weighted by atomic mass is 9.90. The molecule has 0 spiro atoms. The van der Waals surface area contributed by atoms with E-state index in [4.69, 9.17) is 10.00 Å². The fourth-order valence-corrected chi connectivity index (χ4v) is 1.60. The van der Waals surface area contributed by atoms with E-state index in [0.29, 0.717) is 0 Å². The number of nitriles is 1. The first kappa shape index (κ1) is 8.28. The molecule has 1 aliphatic heterocycles. The molecule has 0 unspecified atom stereocenters. The van der Waals surface area contributed by atoms with E-state index in [1.54, 1.807) is 0 Å². The van der Waals surface area contributed by atoms with E-state index < -0.39 is 11.2 Å². The molecule has 1 heterocycles. The molecular formula is C11H11NO. The first-order valence-electron chi connectivity index (χ1n) is 4.29. The van der Waals surface area contributed by atoms with Crippen molar-refractivity contribution in [1.29, 1.82) is 5.26 Å². The van der Waals surface area contributed by atoms with Crippen LogP contribution < -0.4 is 0 Å². The highest BCUT2D eigenvalue weighted by Gasteiger charge is 2.65. The molecule has 0 aliphatic carbocycles. The minimum atomic E-state index is -0.644. The highest BCUT2D eigenvalue weighted by Crippen LogP contribution is 2.54. The molecule has 0 radical (unpaired) electrons. The first-order chi connectivity index (χ1) is 6.12. The molecule has 1 aromatic rings. The van der Waals surface area contributed by atoms with Gasteiger partial charge in [0.25, 0.3) is 0 Å². The van der Waals surface area contributed by atoms with E-state index in [-0.39, 0.29) is 0 Å². The van der Waals surface area contributed by atoms with Crippen molar-refractivity contribution in [2.75, 3.05) is 0 Å². The lowest BCUT2D eigenvalue weighted by molar-refractivity contribution is 0.300. The lowest BCUT2D eigenvalue weighted by Gasteiger charge is -2.06. The van der Waals surface area contributed by atoms with Crippen LogP contribution in [0.2, 0.25) is 0 Å². The molecule has 0 N–H and O–H groups in total. The highest BCUT2D eigenvalue weighted by molar-refractivity contribution is 5.36. The highest BCUT2D eigenvalue weighted by atomic mass is 16.6. The fraction of sp³-hybridized carbons (Fsp3) is 0.364. The summed E-state index contributed by atoms with van der Waals surface area (Å²) in [5.74, 6) is 0. The van der Waals surface area contributed by atoms with Crippen LogP contribution in [0.5, 0.6) is 0 Å². The van der Waals surface area contributed by atoms with Crippen LogP contribution in [0.1, 0.15) is 19.4 Å². The van der Waals surface area contributed by atoms with Crippen molar-refractivity contribution in [3.05, 3.63) is 35.9 Å². The van der Waals surface area contributed by atoms with E-state index in [0.717, 1.165) is 5.56 Å².